The predicted octanol–water partition coefficient (Wildman–Crippen LogP) is 4.49. The Bertz CT molecular complexity index is 329. The Morgan fingerprint density at radius 2 is 1.59 bits per heavy atom. The minimum Gasteiger partial charge on any atom is -0.478 e. The van der Waals surface area contributed by atoms with Gasteiger partial charge in [0.1, 0.15) is 0 Å². The summed E-state index contributed by atoms with van der Waals surface area (Å²) in [5.74, 6) is -0.810. The molecule has 0 aliphatic rings. The van der Waals surface area contributed by atoms with E-state index in [-0.39, 0.29) is 0 Å². The molecule has 0 aromatic heterocycles. The summed E-state index contributed by atoms with van der Waals surface area (Å²) in [7, 11) is 0. The molecule has 0 unspecified atom stereocenters. The Kier molecular flexibility index (Phi) is 8.12. The van der Waals surface area contributed by atoms with Crippen LogP contribution >= 0.6 is 0 Å². The van der Waals surface area contributed by atoms with Crippen LogP contribution in [0.25, 0.3) is 0 Å². The number of rotatable bonds is 7. The number of carbonyl (C=O) groups is 1. The Morgan fingerprint density at radius 3 is 2.12 bits per heavy atom. The molecule has 0 amide bonds. The predicted molar refractivity (Wildman–Crippen MR) is 73.0 cm³/mol. The van der Waals surface area contributed by atoms with E-state index in [1.807, 2.05) is 6.92 Å². The van der Waals surface area contributed by atoms with E-state index in [1.165, 1.54) is 5.57 Å². The van der Waals surface area contributed by atoms with Gasteiger partial charge in [-0.05, 0) is 53.4 Å². The Balaban J connectivity index is 3.85. The first-order chi connectivity index (χ1) is 7.95. The molecule has 0 saturated carbocycles. The highest BCUT2D eigenvalue weighted by atomic mass is 16.4. The summed E-state index contributed by atoms with van der Waals surface area (Å²) in [6.45, 7) is 7.76. The van der Waals surface area contributed by atoms with E-state index in [1.54, 1.807) is 6.92 Å². The maximum absolute atomic E-state index is 10.7. The van der Waals surface area contributed by atoms with Gasteiger partial charge in [-0.2, -0.15) is 0 Å². The highest BCUT2D eigenvalue weighted by molar-refractivity contribution is 5.86. The van der Waals surface area contributed by atoms with Crippen molar-refractivity contribution in [3.8, 4) is 0 Å². The number of hydrogen-bond acceptors (Lipinski definition) is 1. The second-order valence-corrected chi connectivity index (χ2v) is 4.58. The summed E-state index contributed by atoms with van der Waals surface area (Å²) in [6, 6.07) is 0. The van der Waals surface area contributed by atoms with E-state index in [9.17, 15) is 4.79 Å². The number of carboxylic acid groups (broad SMARTS) is 1. The molecule has 0 aromatic carbocycles. The van der Waals surface area contributed by atoms with E-state index in [4.69, 9.17) is 5.11 Å². The number of carboxylic acids is 1. The molecule has 96 valence electrons. The Hall–Kier alpha value is -1.31. The van der Waals surface area contributed by atoms with E-state index in [0.717, 1.165) is 31.3 Å². The van der Waals surface area contributed by atoms with Gasteiger partial charge >= 0.3 is 5.97 Å². The summed E-state index contributed by atoms with van der Waals surface area (Å²) in [5, 5.41) is 8.79. The van der Waals surface area contributed by atoms with Gasteiger partial charge in [-0.3, -0.25) is 0 Å². The van der Waals surface area contributed by atoms with Crippen LogP contribution in [0.2, 0.25) is 0 Å². The van der Waals surface area contributed by atoms with Crippen molar-refractivity contribution in [2.45, 2.75) is 53.4 Å². The molecule has 0 fully saturated rings. The lowest BCUT2D eigenvalue weighted by molar-refractivity contribution is -0.132. The van der Waals surface area contributed by atoms with Crippen LogP contribution in [0.3, 0.4) is 0 Å². The van der Waals surface area contributed by atoms with Crippen molar-refractivity contribution in [2.75, 3.05) is 0 Å². The van der Waals surface area contributed by atoms with Gasteiger partial charge in [0.15, 0.2) is 0 Å². The first-order valence-electron chi connectivity index (χ1n) is 6.13. The molecule has 2 heteroatoms. The van der Waals surface area contributed by atoms with Crippen LogP contribution in [-0.2, 0) is 4.79 Å². The molecular formula is C15H24O2. The average molecular weight is 236 g/mol. The van der Waals surface area contributed by atoms with Crippen molar-refractivity contribution in [2.24, 2.45) is 0 Å². The number of hydrogen-bond donors (Lipinski definition) is 1. The van der Waals surface area contributed by atoms with Crippen molar-refractivity contribution in [1.82, 2.24) is 0 Å². The molecule has 0 atom stereocenters. The molecule has 0 aromatic rings. The Labute approximate surface area is 105 Å². The van der Waals surface area contributed by atoms with Gasteiger partial charge in [0.05, 0.1) is 0 Å². The van der Waals surface area contributed by atoms with Crippen molar-refractivity contribution in [1.29, 1.82) is 0 Å². The summed E-state index contributed by atoms with van der Waals surface area (Å²) in [6.07, 6.45) is 10.4. The fourth-order valence-corrected chi connectivity index (χ4v) is 1.37. The van der Waals surface area contributed by atoms with Crippen molar-refractivity contribution < 1.29 is 9.90 Å². The monoisotopic (exact) mass is 236 g/mol. The van der Waals surface area contributed by atoms with E-state index < -0.39 is 5.97 Å². The lowest BCUT2D eigenvalue weighted by atomic mass is 10.1. The molecular weight excluding hydrogens is 212 g/mol. The van der Waals surface area contributed by atoms with Crippen molar-refractivity contribution in [3.63, 3.8) is 0 Å². The first kappa shape index (κ1) is 15.7. The van der Waals surface area contributed by atoms with Crippen LogP contribution in [0.15, 0.2) is 34.9 Å². The number of aliphatic carboxylic acids is 1. The van der Waals surface area contributed by atoms with Crippen molar-refractivity contribution in [3.05, 3.63) is 34.9 Å². The minimum atomic E-state index is -0.810. The lowest BCUT2D eigenvalue weighted by Gasteiger charge is -2.01. The second-order valence-electron chi connectivity index (χ2n) is 4.58. The first-order valence-corrected chi connectivity index (χ1v) is 6.13. The number of allylic oxidation sites excluding steroid dienone is 5. The van der Waals surface area contributed by atoms with Crippen molar-refractivity contribution >= 4 is 5.97 Å². The van der Waals surface area contributed by atoms with Gasteiger partial charge in [0, 0.05) is 5.57 Å². The van der Waals surface area contributed by atoms with Gasteiger partial charge in [-0.25, -0.2) is 4.79 Å². The van der Waals surface area contributed by atoms with Gasteiger partial charge in [0.25, 0.3) is 0 Å². The smallest absolute Gasteiger partial charge is 0.331 e. The molecule has 0 rings (SSSR count). The SMILES string of the molecule is CC(C)=CCCC=CCCC(C)=C(C)C(=O)O. The van der Waals surface area contributed by atoms with Gasteiger partial charge in [0.2, 0.25) is 0 Å². The molecule has 2 nitrogen and oxygen atoms in total. The van der Waals surface area contributed by atoms with Crippen LogP contribution in [0, 0.1) is 0 Å². The van der Waals surface area contributed by atoms with Crippen LogP contribution in [-0.4, -0.2) is 11.1 Å². The zero-order chi connectivity index (χ0) is 13.3. The lowest BCUT2D eigenvalue weighted by Crippen LogP contribution is -1.99. The van der Waals surface area contributed by atoms with E-state index in [0.29, 0.717) is 5.57 Å². The topological polar surface area (TPSA) is 37.3 Å². The van der Waals surface area contributed by atoms with E-state index >= 15 is 0 Å². The highest BCUT2D eigenvalue weighted by Gasteiger charge is 2.03. The summed E-state index contributed by atoms with van der Waals surface area (Å²) in [5.41, 5.74) is 2.80. The molecule has 0 saturated heterocycles. The maximum Gasteiger partial charge on any atom is 0.331 e. The van der Waals surface area contributed by atoms with Crippen LogP contribution < -0.4 is 0 Å². The molecule has 0 spiro atoms. The summed E-state index contributed by atoms with van der Waals surface area (Å²) >= 11 is 0. The molecule has 0 bridgehead atoms. The molecule has 0 aliphatic heterocycles. The fourth-order valence-electron chi connectivity index (χ4n) is 1.37. The van der Waals surface area contributed by atoms with Crippen LogP contribution in [0.4, 0.5) is 0 Å². The van der Waals surface area contributed by atoms with Gasteiger partial charge in [-0.15, -0.1) is 0 Å². The fraction of sp³-hybridized carbons (Fsp3) is 0.533. The van der Waals surface area contributed by atoms with Gasteiger partial charge < -0.3 is 5.11 Å². The molecule has 1 N–H and O–H groups in total. The third kappa shape index (κ3) is 8.49. The summed E-state index contributed by atoms with van der Waals surface area (Å²) in [4.78, 5) is 10.7. The zero-order valence-corrected chi connectivity index (χ0v) is 11.4. The third-order valence-electron chi connectivity index (χ3n) is 2.70. The average Bonchev–Trinajstić information content (AvgIpc) is 2.25. The highest BCUT2D eigenvalue weighted by Crippen LogP contribution is 2.11. The Morgan fingerprint density at radius 1 is 1.00 bits per heavy atom. The standard InChI is InChI=1S/C15H24O2/c1-12(2)10-8-6-5-7-9-11-13(3)14(4)15(16)17/h5,7,10H,6,8-9,11H2,1-4H3,(H,16,17). The quantitative estimate of drug-likeness (QED) is 0.402. The van der Waals surface area contributed by atoms with E-state index in [2.05, 4.69) is 32.1 Å². The molecule has 0 radical (unpaired) electrons. The van der Waals surface area contributed by atoms with Gasteiger partial charge in [-0.1, -0.05) is 29.4 Å². The zero-order valence-electron chi connectivity index (χ0n) is 11.4. The van der Waals surface area contributed by atoms with Crippen LogP contribution in [0.1, 0.15) is 53.4 Å². The summed E-state index contributed by atoms with van der Waals surface area (Å²) < 4.78 is 0. The van der Waals surface area contributed by atoms with Crippen LogP contribution in [0.5, 0.6) is 0 Å². The second kappa shape index (κ2) is 8.80. The molecule has 17 heavy (non-hydrogen) atoms. The minimum absolute atomic E-state index is 0.475. The largest absolute Gasteiger partial charge is 0.478 e. The molecule has 0 aliphatic carbocycles. The number of unbranched alkanes of at least 4 members (excludes halogenated alkanes) is 1. The molecule has 0 heterocycles. The normalized spacial score (nSPS) is 12.5. The maximum atomic E-state index is 10.7. The third-order valence-corrected chi connectivity index (χ3v) is 2.70.